The Hall–Kier alpha value is -0.570. The molecule has 0 heterocycles. The lowest BCUT2D eigenvalue weighted by Crippen LogP contribution is -2.21. The Morgan fingerprint density at radius 3 is 1.86 bits per heavy atom. The highest BCUT2D eigenvalue weighted by atomic mass is 16.6. The number of aliphatic hydroxyl groups excluding tert-OH is 1. The Morgan fingerprint density at radius 2 is 1.67 bits per heavy atom. The van der Waals surface area contributed by atoms with Crippen LogP contribution in [0.5, 0.6) is 0 Å². The minimum Gasteiger partial charge on any atom is -0.460 e. The van der Waals surface area contributed by atoms with Gasteiger partial charge in [-0.15, -0.1) is 0 Å². The molecule has 0 amide bonds. The molecular formula is C18H40O3. The number of ether oxygens (including phenoxy) is 1. The van der Waals surface area contributed by atoms with Crippen molar-refractivity contribution in [2.45, 2.75) is 93.6 Å². The number of hydrogen-bond acceptors (Lipinski definition) is 3. The maximum absolute atomic E-state index is 10.2. The molecular weight excluding hydrogens is 264 g/mol. The number of rotatable bonds is 6. The van der Waals surface area contributed by atoms with Crippen molar-refractivity contribution < 1.29 is 14.6 Å². The second kappa shape index (κ2) is 15.8. The molecule has 0 aliphatic heterocycles. The van der Waals surface area contributed by atoms with Gasteiger partial charge in [-0.25, -0.2) is 0 Å². The summed E-state index contributed by atoms with van der Waals surface area (Å²) in [5.74, 6) is 1.00. The number of unbranched alkanes of at least 4 members (excludes halogenated alkanes) is 1. The Morgan fingerprint density at radius 1 is 1.19 bits per heavy atom. The van der Waals surface area contributed by atoms with E-state index in [0.717, 1.165) is 0 Å². The van der Waals surface area contributed by atoms with Crippen LogP contribution in [0.3, 0.4) is 0 Å². The quantitative estimate of drug-likeness (QED) is 0.685. The van der Waals surface area contributed by atoms with E-state index in [1.54, 1.807) is 0 Å². The lowest BCUT2D eigenvalue weighted by Gasteiger charge is -2.19. The molecule has 0 aromatic carbocycles. The van der Waals surface area contributed by atoms with E-state index in [4.69, 9.17) is 9.84 Å². The number of carbonyl (C=O) groups is 1. The number of hydrogen-bond donors (Lipinski definition) is 1. The molecule has 0 aliphatic rings. The van der Waals surface area contributed by atoms with E-state index in [-0.39, 0.29) is 11.6 Å². The van der Waals surface area contributed by atoms with Gasteiger partial charge in [0, 0.05) is 13.5 Å². The van der Waals surface area contributed by atoms with Crippen molar-refractivity contribution in [1.29, 1.82) is 0 Å². The molecule has 0 rings (SSSR count). The average molecular weight is 305 g/mol. The molecule has 130 valence electrons. The van der Waals surface area contributed by atoms with Gasteiger partial charge in [0.05, 0.1) is 0 Å². The highest BCUT2D eigenvalue weighted by molar-refractivity contribution is 5.66. The number of aliphatic hydroxyl groups is 1. The summed E-state index contributed by atoms with van der Waals surface area (Å²) < 4.78 is 4.80. The molecule has 0 aromatic rings. The summed E-state index contributed by atoms with van der Waals surface area (Å²) in [6.07, 6.45) is 4.89. The third-order valence-corrected chi connectivity index (χ3v) is 3.06. The highest BCUT2D eigenvalue weighted by Gasteiger charge is 2.13. The lowest BCUT2D eigenvalue weighted by molar-refractivity contribution is -0.151. The molecule has 0 fully saturated rings. The summed E-state index contributed by atoms with van der Waals surface area (Å²) in [5, 5.41) is 9.05. The minimum absolute atomic E-state index is 0.225. The monoisotopic (exact) mass is 304 g/mol. The summed E-state index contributed by atoms with van der Waals surface area (Å²) in [6, 6.07) is 0. The molecule has 0 aromatic heterocycles. The van der Waals surface area contributed by atoms with Crippen LogP contribution in [0.2, 0.25) is 0 Å². The zero-order valence-electron chi connectivity index (χ0n) is 16.0. The first-order chi connectivity index (χ1) is 9.67. The Kier molecular flexibility index (Phi) is 19.1. The molecule has 2 atom stereocenters. The molecule has 0 radical (unpaired) electrons. The van der Waals surface area contributed by atoms with Gasteiger partial charge in [0.2, 0.25) is 0 Å². The Balaban J connectivity index is -0.000000286. The van der Waals surface area contributed by atoms with E-state index in [1.807, 2.05) is 34.6 Å². The zero-order valence-corrected chi connectivity index (χ0v) is 16.0. The summed E-state index contributed by atoms with van der Waals surface area (Å²) >= 11 is 0. The van der Waals surface area contributed by atoms with Crippen molar-refractivity contribution in [2.24, 2.45) is 11.8 Å². The van der Waals surface area contributed by atoms with Crippen LogP contribution in [-0.2, 0) is 9.53 Å². The predicted molar refractivity (Wildman–Crippen MR) is 92.4 cm³/mol. The normalized spacial score (nSPS) is 13.0. The third kappa shape index (κ3) is 21.9. The van der Waals surface area contributed by atoms with Crippen LogP contribution in [0.25, 0.3) is 0 Å². The van der Waals surface area contributed by atoms with Gasteiger partial charge in [0.15, 0.2) is 0 Å². The minimum atomic E-state index is -0.328. The van der Waals surface area contributed by atoms with E-state index in [9.17, 15) is 4.79 Å². The fraction of sp³-hybridized carbons (Fsp3) is 0.944. The van der Waals surface area contributed by atoms with Crippen LogP contribution in [0.4, 0.5) is 0 Å². The van der Waals surface area contributed by atoms with Crippen LogP contribution in [0.15, 0.2) is 0 Å². The first kappa shape index (κ1) is 25.4. The SMILES string of the molecule is CC.CC(=O)OC(C)(C)C.CCCC[C@@H](CO)C(C)CC. The van der Waals surface area contributed by atoms with Gasteiger partial charge in [-0.2, -0.15) is 0 Å². The second-order valence-corrected chi connectivity index (χ2v) is 6.18. The predicted octanol–water partition coefficient (Wildman–Crippen LogP) is 5.21. The van der Waals surface area contributed by atoms with E-state index in [2.05, 4.69) is 20.8 Å². The molecule has 0 bridgehead atoms. The van der Waals surface area contributed by atoms with Crippen LogP contribution in [0.1, 0.15) is 88.0 Å². The summed E-state index contributed by atoms with van der Waals surface area (Å²) in [4.78, 5) is 10.2. The van der Waals surface area contributed by atoms with Gasteiger partial charge in [-0.1, -0.05) is 53.9 Å². The topological polar surface area (TPSA) is 46.5 Å². The molecule has 0 saturated carbocycles. The lowest BCUT2D eigenvalue weighted by atomic mass is 9.88. The average Bonchev–Trinajstić information content (AvgIpc) is 2.39. The van der Waals surface area contributed by atoms with Gasteiger partial charge in [0.1, 0.15) is 5.60 Å². The van der Waals surface area contributed by atoms with Crippen molar-refractivity contribution >= 4 is 5.97 Å². The molecule has 1 N–H and O–H groups in total. The molecule has 3 nitrogen and oxygen atoms in total. The largest absolute Gasteiger partial charge is 0.460 e. The Bertz CT molecular complexity index is 219. The van der Waals surface area contributed by atoms with E-state index in [1.165, 1.54) is 32.6 Å². The van der Waals surface area contributed by atoms with E-state index < -0.39 is 0 Å². The van der Waals surface area contributed by atoms with Gasteiger partial charge in [-0.3, -0.25) is 4.79 Å². The first-order valence-corrected chi connectivity index (χ1v) is 8.48. The van der Waals surface area contributed by atoms with Crippen LogP contribution >= 0.6 is 0 Å². The molecule has 21 heavy (non-hydrogen) atoms. The summed E-state index contributed by atoms with van der Waals surface area (Å²) in [6.45, 7) is 17.9. The van der Waals surface area contributed by atoms with Crippen molar-refractivity contribution in [2.75, 3.05) is 6.61 Å². The van der Waals surface area contributed by atoms with Gasteiger partial charge in [-0.05, 0) is 39.0 Å². The Labute approximate surface area is 133 Å². The van der Waals surface area contributed by atoms with Crippen molar-refractivity contribution in [1.82, 2.24) is 0 Å². The fourth-order valence-corrected chi connectivity index (χ4v) is 1.79. The molecule has 0 spiro atoms. The molecule has 0 aliphatic carbocycles. The van der Waals surface area contributed by atoms with Crippen molar-refractivity contribution in [3.63, 3.8) is 0 Å². The van der Waals surface area contributed by atoms with Crippen LogP contribution in [-0.4, -0.2) is 23.3 Å². The standard InChI is InChI=1S/C10H22O.C6H12O2.C2H6/c1-4-6-7-10(8-11)9(3)5-2;1-5(7)8-6(2,3)4;1-2/h9-11H,4-8H2,1-3H3;1-4H3;1-2H3/t9?,10-;;/m0../s1. The smallest absolute Gasteiger partial charge is 0.303 e. The molecule has 0 saturated heterocycles. The zero-order chi connectivity index (χ0) is 17.5. The number of esters is 1. The van der Waals surface area contributed by atoms with Crippen molar-refractivity contribution in [3.05, 3.63) is 0 Å². The van der Waals surface area contributed by atoms with E-state index in [0.29, 0.717) is 18.4 Å². The molecule has 3 heteroatoms. The highest BCUT2D eigenvalue weighted by Crippen LogP contribution is 2.20. The van der Waals surface area contributed by atoms with Gasteiger partial charge in [0.25, 0.3) is 0 Å². The third-order valence-electron chi connectivity index (χ3n) is 3.06. The van der Waals surface area contributed by atoms with Gasteiger partial charge >= 0.3 is 5.97 Å². The van der Waals surface area contributed by atoms with Crippen LogP contribution < -0.4 is 0 Å². The van der Waals surface area contributed by atoms with Crippen LogP contribution in [0, 0.1) is 11.8 Å². The summed E-state index contributed by atoms with van der Waals surface area (Å²) in [5.41, 5.74) is -0.328. The maximum atomic E-state index is 10.2. The van der Waals surface area contributed by atoms with E-state index >= 15 is 0 Å². The first-order valence-electron chi connectivity index (χ1n) is 8.48. The summed E-state index contributed by atoms with van der Waals surface area (Å²) in [7, 11) is 0. The van der Waals surface area contributed by atoms with Crippen molar-refractivity contribution in [3.8, 4) is 0 Å². The fourth-order valence-electron chi connectivity index (χ4n) is 1.79. The molecule has 1 unspecified atom stereocenters. The number of carbonyl (C=O) groups excluding carboxylic acids is 1. The second-order valence-electron chi connectivity index (χ2n) is 6.18. The maximum Gasteiger partial charge on any atom is 0.303 e. The van der Waals surface area contributed by atoms with Gasteiger partial charge < -0.3 is 9.84 Å².